The van der Waals surface area contributed by atoms with E-state index >= 15 is 0 Å². The van der Waals surface area contributed by atoms with Gasteiger partial charge in [0.1, 0.15) is 0 Å². The van der Waals surface area contributed by atoms with Crippen LogP contribution in [-0.2, 0) is 11.3 Å². The number of ether oxygens (including phenoxy) is 1. The maximum absolute atomic E-state index is 8.87. The lowest BCUT2D eigenvalue weighted by Gasteiger charge is -2.27. The van der Waals surface area contributed by atoms with Crippen molar-refractivity contribution in [3.05, 3.63) is 34.9 Å². The van der Waals surface area contributed by atoms with Crippen LogP contribution in [-0.4, -0.2) is 30.7 Å². The van der Waals surface area contributed by atoms with E-state index in [4.69, 9.17) is 10.00 Å². The van der Waals surface area contributed by atoms with E-state index in [-0.39, 0.29) is 0 Å². The van der Waals surface area contributed by atoms with Gasteiger partial charge in [0.2, 0.25) is 0 Å². The van der Waals surface area contributed by atoms with Crippen molar-refractivity contribution in [3.8, 4) is 6.07 Å². The molecule has 0 bridgehead atoms. The molecule has 0 amide bonds. The molecule has 1 aliphatic rings. The van der Waals surface area contributed by atoms with E-state index in [2.05, 4.69) is 37.9 Å². The minimum atomic E-state index is 0.314. The van der Waals surface area contributed by atoms with Crippen LogP contribution in [0.2, 0.25) is 0 Å². The summed E-state index contributed by atoms with van der Waals surface area (Å²) in [6, 6.07) is 8.59. The minimum absolute atomic E-state index is 0.314. The Morgan fingerprint density at radius 3 is 2.83 bits per heavy atom. The molecule has 1 heterocycles. The number of rotatable bonds is 3. The van der Waals surface area contributed by atoms with E-state index in [1.807, 2.05) is 12.1 Å². The normalized spacial score (nSPS) is 23.3. The lowest BCUT2D eigenvalue weighted by Crippen LogP contribution is -2.36. The largest absolute Gasteiger partial charge is 0.377 e. The third kappa shape index (κ3) is 2.72. The number of nitrogens with zero attached hydrogens (tertiary/aromatic N) is 2. The summed E-state index contributed by atoms with van der Waals surface area (Å²) in [5.41, 5.74) is 3.21. The SMILES string of the molecule is Cc1cc(C#N)ccc1CN(C)C1CCOC1C. The first-order valence-corrected chi connectivity index (χ1v) is 6.43. The summed E-state index contributed by atoms with van der Waals surface area (Å²) in [5, 5.41) is 8.87. The van der Waals surface area contributed by atoms with Gasteiger partial charge in [-0.25, -0.2) is 0 Å². The van der Waals surface area contributed by atoms with Crippen LogP contribution in [0, 0.1) is 18.3 Å². The van der Waals surface area contributed by atoms with E-state index in [1.165, 1.54) is 11.1 Å². The Hall–Kier alpha value is -1.37. The topological polar surface area (TPSA) is 36.3 Å². The number of hydrogen-bond acceptors (Lipinski definition) is 3. The number of aryl methyl sites for hydroxylation is 1. The van der Waals surface area contributed by atoms with E-state index in [9.17, 15) is 0 Å². The molecule has 0 saturated carbocycles. The van der Waals surface area contributed by atoms with Crippen molar-refractivity contribution in [3.63, 3.8) is 0 Å². The van der Waals surface area contributed by atoms with Crippen molar-refractivity contribution in [2.75, 3.05) is 13.7 Å². The molecular formula is C15H20N2O. The Labute approximate surface area is 109 Å². The van der Waals surface area contributed by atoms with Crippen LogP contribution in [0.1, 0.15) is 30.0 Å². The fourth-order valence-electron chi connectivity index (χ4n) is 2.63. The highest BCUT2D eigenvalue weighted by Crippen LogP contribution is 2.21. The zero-order chi connectivity index (χ0) is 13.1. The van der Waals surface area contributed by atoms with Gasteiger partial charge in [0.25, 0.3) is 0 Å². The quantitative estimate of drug-likeness (QED) is 0.819. The summed E-state index contributed by atoms with van der Waals surface area (Å²) in [6.07, 6.45) is 1.42. The third-order valence-corrected chi connectivity index (χ3v) is 3.79. The molecule has 2 rings (SSSR count). The van der Waals surface area contributed by atoms with Gasteiger partial charge in [0.05, 0.1) is 17.7 Å². The second-order valence-electron chi connectivity index (χ2n) is 5.10. The van der Waals surface area contributed by atoms with Crippen LogP contribution in [0.5, 0.6) is 0 Å². The van der Waals surface area contributed by atoms with Gasteiger partial charge in [0.15, 0.2) is 0 Å². The van der Waals surface area contributed by atoms with E-state index in [0.29, 0.717) is 12.1 Å². The Morgan fingerprint density at radius 1 is 1.50 bits per heavy atom. The first kappa shape index (κ1) is 13.1. The Bertz CT molecular complexity index is 464. The summed E-state index contributed by atoms with van der Waals surface area (Å²) >= 11 is 0. The molecule has 2 atom stereocenters. The Balaban J connectivity index is 2.07. The molecule has 1 saturated heterocycles. The van der Waals surface area contributed by atoms with Crippen LogP contribution in [0.4, 0.5) is 0 Å². The predicted molar refractivity (Wildman–Crippen MR) is 71.2 cm³/mol. The first-order chi connectivity index (χ1) is 8.61. The second-order valence-corrected chi connectivity index (χ2v) is 5.10. The minimum Gasteiger partial charge on any atom is -0.377 e. The van der Waals surface area contributed by atoms with Gasteiger partial charge < -0.3 is 4.74 Å². The lowest BCUT2D eigenvalue weighted by atomic mass is 10.0. The molecule has 3 heteroatoms. The third-order valence-electron chi connectivity index (χ3n) is 3.79. The van der Waals surface area contributed by atoms with Crippen molar-refractivity contribution in [2.24, 2.45) is 0 Å². The van der Waals surface area contributed by atoms with Crippen molar-refractivity contribution in [1.29, 1.82) is 5.26 Å². The van der Waals surface area contributed by atoms with Gasteiger partial charge in [-0.3, -0.25) is 4.90 Å². The first-order valence-electron chi connectivity index (χ1n) is 6.43. The summed E-state index contributed by atoms with van der Waals surface area (Å²) in [5.74, 6) is 0. The smallest absolute Gasteiger partial charge is 0.0991 e. The highest BCUT2D eigenvalue weighted by Gasteiger charge is 2.27. The van der Waals surface area contributed by atoms with Crippen LogP contribution in [0.3, 0.4) is 0 Å². The summed E-state index contributed by atoms with van der Waals surface area (Å²) < 4.78 is 5.61. The summed E-state index contributed by atoms with van der Waals surface area (Å²) in [6.45, 7) is 5.98. The molecule has 0 radical (unpaired) electrons. The van der Waals surface area contributed by atoms with E-state index < -0.39 is 0 Å². The average Bonchev–Trinajstić information content (AvgIpc) is 2.78. The Morgan fingerprint density at radius 2 is 2.28 bits per heavy atom. The molecule has 1 fully saturated rings. The van der Waals surface area contributed by atoms with Crippen molar-refractivity contribution in [2.45, 2.75) is 39.0 Å². The second kappa shape index (κ2) is 5.51. The van der Waals surface area contributed by atoms with Crippen LogP contribution in [0.15, 0.2) is 18.2 Å². The summed E-state index contributed by atoms with van der Waals surface area (Å²) in [4.78, 5) is 2.35. The zero-order valence-corrected chi connectivity index (χ0v) is 11.3. The number of likely N-dealkylation sites (N-methyl/N-ethyl adjacent to an activating group) is 1. The standard InChI is InChI=1S/C15H20N2O/c1-11-8-13(9-16)4-5-14(11)10-17(3)15-6-7-18-12(15)2/h4-5,8,12,15H,6-7,10H2,1-3H3. The molecular weight excluding hydrogens is 224 g/mol. The highest BCUT2D eigenvalue weighted by molar-refractivity contribution is 5.37. The predicted octanol–water partition coefficient (Wildman–Crippen LogP) is 2.48. The summed E-state index contributed by atoms with van der Waals surface area (Å²) in [7, 11) is 2.15. The molecule has 1 aromatic rings. The maximum atomic E-state index is 8.87. The molecule has 3 nitrogen and oxygen atoms in total. The molecule has 0 spiro atoms. The van der Waals surface area contributed by atoms with Crippen molar-refractivity contribution in [1.82, 2.24) is 4.90 Å². The number of nitriles is 1. The van der Waals surface area contributed by atoms with Crippen molar-refractivity contribution < 1.29 is 4.74 Å². The fourth-order valence-corrected chi connectivity index (χ4v) is 2.63. The van der Waals surface area contributed by atoms with E-state index in [0.717, 1.165) is 25.1 Å². The zero-order valence-electron chi connectivity index (χ0n) is 11.3. The van der Waals surface area contributed by atoms with Crippen molar-refractivity contribution >= 4 is 0 Å². The van der Waals surface area contributed by atoms with Crippen LogP contribution >= 0.6 is 0 Å². The van der Waals surface area contributed by atoms with Crippen LogP contribution < -0.4 is 0 Å². The van der Waals surface area contributed by atoms with Gasteiger partial charge in [0, 0.05) is 19.2 Å². The van der Waals surface area contributed by atoms with Gasteiger partial charge in [-0.1, -0.05) is 6.07 Å². The van der Waals surface area contributed by atoms with Gasteiger partial charge in [-0.2, -0.15) is 5.26 Å². The van der Waals surface area contributed by atoms with Gasteiger partial charge in [-0.15, -0.1) is 0 Å². The molecule has 0 aliphatic carbocycles. The fraction of sp³-hybridized carbons (Fsp3) is 0.533. The molecule has 2 unspecified atom stereocenters. The highest BCUT2D eigenvalue weighted by atomic mass is 16.5. The molecule has 0 aromatic heterocycles. The monoisotopic (exact) mass is 244 g/mol. The number of hydrogen-bond donors (Lipinski definition) is 0. The average molecular weight is 244 g/mol. The number of benzene rings is 1. The van der Waals surface area contributed by atoms with Crippen LogP contribution in [0.25, 0.3) is 0 Å². The Kier molecular flexibility index (Phi) is 4.00. The van der Waals surface area contributed by atoms with Gasteiger partial charge >= 0.3 is 0 Å². The molecule has 0 N–H and O–H groups in total. The van der Waals surface area contributed by atoms with E-state index in [1.54, 1.807) is 0 Å². The molecule has 1 aromatic carbocycles. The maximum Gasteiger partial charge on any atom is 0.0991 e. The molecule has 96 valence electrons. The molecule has 1 aliphatic heterocycles. The lowest BCUT2D eigenvalue weighted by molar-refractivity contribution is 0.0814. The molecule has 18 heavy (non-hydrogen) atoms. The van der Waals surface area contributed by atoms with Gasteiger partial charge in [-0.05, 0) is 50.6 Å².